The van der Waals surface area contributed by atoms with Gasteiger partial charge in [-0.2, -0.15) is 5.10 Å². The lowest BCUT2D eigenvalue weighted by molar-refractivity contribution is 0.581. The van der Waals surface area contributed by atoms with Gasteiger partial charge in [-0.1, -0.05) is 6.92 Å². The summed E-state index contributed by atoms with van der Waals surface area (Å²) in [5, 5.41) is 10.6. The fraction of sp³-hybridized carbons (Fsp3) is 0.500. The molecular weight excluding hydrogens is 178 g/mol. The lowest BCUT2D eigenvalue weighted by Gasteiger charge is -2.08. The van der Waals surface area contributed by atoms with Crippen LogP contribution < -0.4 is 5.14 Å². The molecule has 1 rings (SSSR count). The Balaban J connectivity index is 3.00. The highest BCUT2D eigenvalue weighted by molar-refractivity contribution is 7.89. The van der Waals surface area contributed by atoms with Gasteiger partial charge in [0.2, 0.25) is 10.0 Å². The summed E-state index contributed by atoms with van der Waals surface area (Å²) in [6.45, 7) is 1.77. The molecule has 68 valence electrons. The number of primary sulfonamides is 1. The smallest absolute Gasteiger partial charge is 0.216 e. The second kappa shape index (κ2) is 3.24. The van der Waals surface area contributed by atoms with Gasteiger partial charge in [-0.25, -0.2) is 13.6 Å². The van der Waals surface area contributed by atoms with Crippen LogP contribution in [0.15, 0.2) is 12.4 Å². The average molecular weight is 189 g/mol. The van der Waals surface area contributed by atoms with Gasteiger partial charge in [-0.15, -0.1) is 0 Å². The summed E-state index contributed by atoms with van der Waals surface area (Å²) in [5.74, 6) is 0. The lowest BCUT2D eigenvalue weighted by Crippen LogP contribution is -2.20. The second-order valence-corrected chi connectivity index (χ2v) is 4.26. The molecule has 6 heteroatoms. The van der Waals surface area contributed by atoms with Crippen molar-refractivity contribution in [3.8, 4) is 0 Å². The van der Waals surface area contributed by atoms with E-state index in [1.165, 1.54) is 6.20 Å². The first-order valence-electron chi connectivity index (χ1n) is 3.56. The van der Waals surface area contributed by atoms with E-state index in [1.807, 2.05) is 0 Å². The first-order valence-corrected chi connectivity index (χ1v) is 5.17. The minimum Gasteiger partial charge on any atom is -0.285 e. The van der Waals surface area contributed by atoms with Crippen molar-refractivity contribution in [2.75, 3.05) is 0 Å². The molecule has 0 saturated carbocycles. The molecule has 1 heterocycles. The van der Waals surface area contributed by atoms with Gasteiger partial charge < -0.3 is 0 Å². The normalized spacial score (nSPS) is 14.5. The minimum atomic E-state index is -3.50. The number of rotatable bonds is 3. The number of nitrogens with zero attached hydrogens (tertiary/aromatic N) is 1. The largest absolute Gasteiger partial charge is 0.285 e. The van der Waals surface area contributed by atoms with Crippen molar-refractivity contribution in [3.63, 3.8) is 0 Å². The Morgan fingerprint density at radius 1 is 1.75 bits per heavy atom. The third-order valence-electron chi connectivity index (χ3n) is 1.66. The van der Waals surface area contributed by atoms with Crippen molar-refractivity contribution < 1.29 is 8.42 Å². The molecule has 0 spiro atoms. The number of nitrogens with two attached hydrogens (primary N) is 1. The van der Waals surface area contributed by atoms with Crippen LogP contribution in [0.2, 0.25) is 0 Å². The minimum absolute atomic E-state index is 0.457. The topological polar surface area (TPSA) is 88.8 Å². The van der Waals surface area contributed by atoms with Gasteiger partial charge in [0.25, 0.3) is 0 Å². The van der Waals surface area contributed by atoms with Crippen LogP contribution >= 0.6 is 0 Å². The zero-order valence-corrected chi connectivity index (χ0v) is 7.50. The zero-order valence-electron chi connectivity index (χ0n) is 6.69. The quantitative estimate of drug-likeness (QED) is 0.709. The predicted molar refractivity (Wildman–Crippen MR) is 44.7 cm³/mol. The van der Waals surface area contributed by atoms with E-state index in [2.05, 4.69) is 10.2 Å². The SMILES string of the molecule is CCC(c1cn[nH]c1)S(N)(=O)=O. The van der Waals surface area contributed by atoms with Crippen LogP contribution in [-0.2, 0) is 10.0 Å². The third kappa shape index (κ3) is 1.83. The average Bonchev–Trinajstić information content (AvgIpc) is 2.38. The maximum absolute atomic E-state index is 11.0. The van der Waals surface area contributed by atoms with Gasteiger partial charge >= 0.3 is 0 Å². The maximum Gasteiger partial charge on any atom is 0.216 e. The van der Waals surface area contributed by atoms with Gasteiger partial charge in [-0.3, -0.25) is 5.10 Å². The highest BCUT2D eigenvalue weighted by Gasteiger charge is 2.21. The van der Waals surface area contributed by atoms with Gasteiger partial charge in [0.05, 0.1) is 6.20 Å². The zero-order chi connectivity index (χ0) is 9.19. The fourth-order valence-electron chi connectivity index (χ4n) is 1.09. The van der Waals surface area contributed by atoms with Crippen LogP contribution in [0.3, 0.4) is 0 Å². The number of hydrogen-bond donors (Lipinski definition) is 2. The van der Waals surface area contributed by atoms with Crippen LogP contribution in [0.25, 0.3) is 0 Å². The Labute approximate surface area is 71.0 Å². The first kappa shape index (κ1) is 9.21. The molecule has 1 aromatic rings. The summed E-state index contributed by atoms with van der Waals surface area (Å²) in [5.41, 5.74) is 0.611. The summed E-state index contributed by atoms with van der Waals surface area (Å²) in [4.78, 5) is 0. The molecule has 0 saturated heterocycles. The van der Waals surface area contributed by atoms with Crippen molar-refractivity contribution in [1.82, 2.24) is 10.2 Å². The molecule has 3 N–H and O–H groups in total. The molecule has 0 aliphatic rings. The number of aromatic nitrogens is 2. The fourth-order valence-corrected chi connectivity index (χ4v) is 2.07. The number of nitrogens with one attached hydrogen (secondary N) is 1. The summed E-state index contributed by atoms with van der Waals surface area (Å²) in [6, 6.07) is 0. The molecule has 0 radical (unpaired) electrons. The standard InChI is InChI=1S/C6H11N3O2S/c1-2-6(12(7,10)11)5-3-8-9-4-5/h3-4,6H,2H2,1H3,(H,8,9)(H2,7,10,11). The molecule has 0 bridgehead atoms. The molecule has 0 amide bonds. The van der Waals surface area contributed by atoms with E-state index < -0.39 is 15.3 Å². The molecule has 0 aliphatic carbocycles. The van der Waals surface area contributed by atoms with Crippen LogP contribution in [-0.4, -0.2) is 18.6 Å². The summed E-state index contributed by atoms with van der Waals surface area (Å²) >= 11 is 0. The van der Waals surface area contributed by atoms with Crippen LogP contribution in [0.4, 0.5) is 0 Å². The maximum atomic E-state index is 11.0. The van der Waals surface area contributed by atoms with Crippen molar-refractivity contribution >= 4 is 10.0 Å². The molecule has 1 atom stereocenters. The van der Waals surface area contributed by atoms with E-state index >= 15 is 0 Å². The number of sulfonamides is 1. The van der Waals surface area contributed by atoms with Crippen LogP contribution in [0.1, 0.15) is 24.2 Å². The van der Waals surface area contributed by atoms with E-state index in [4.69, 9.17) is 5.14 Å². The van der Waals surface area contributed by atoms with Gasteiger partial charge in [0, 0.05) is 11.8 Å². The second-order valence-electron chi connectivity index (χ2n) is 2.52. The monoisotopic (exact) mass is 189 g/mol. The van der Waals surface area contributed by atoms with E-state index in [0.29, 0.717) is 12.0 Å². The van der Waals surface area contributed by atoms with E-state index in [0.717, 1.165) is 0 Å². The molecule has 0 aliphatic heterocycles. The molecule has 12 heavy (non-hydrogen) atoms. The summed E-state index contributed by atoms with van der Waals surface area (Å²) in [7, 11) is -3.50. The third-order valence-corrected chi connectivity index (χ3v) is 3.06. The molecule has 0 fully saturated rings. The first-order chi connectivity index (χ1) is 5.55. The molecule has 5 nitrogen and oxygen atoms in total. The number of aromatic amines is 1. The van der Waals surface area contributed by atoms with E-state index in [9.17, 15) is 8.42 Å². The number of H-pyrrole nitrogens is 1. The molecule has 0 aromatic carbocycles. The Bertz CT molecular complexity index is 330. The van der Waals surface area contributed by atoms with Gasteiger partial charge in [-0.05, 0) is 6.42 Å². The van der Waals surface area contributed by atoms with Gasteiger partial charge in [0.15, 0.2) is 0 Å². The highest BCUT2D eigenvalue weighted by atomic mass is 32.2. The summed E-state index contributed by atoms with van der Waals surface area (Å²) < 4.78 is 22.0. The molecular formula is C6H11N3O2S. The van der Waals surface area contributed by atoms with Crippen molar-refractivity contribution in [2.45, 2.75) is 18.6 Å². The lowest BCUT2D eigenvalue weighted by atomic mass is 10.2. The van der Waals surface area contributed by atoms with Crippen molar-refractivity contribution in [2.24, 2.45) is 5.14 Å². The molecule has 1 unspecified atom stereocenters. The van der Waals surface area contributed by atoms with Gasteiger partial charge in [0.1, 0.15) is 5.25 Å². The highest BCUT2D eigenvalue weighted by Crippen LogP contribution is 2.21. The van der Waals surface area contributed by atoms with Crippen molar-refractivity contribution in [3.05, 3.63) is 18.0 Å². The Kier molecular flexibility index (Phi) is 2.49. The Morgan fingerprint density at radius 2 is 2.42 bits per heavy atom. The predicted octanol–water partition coefficient (Wildman–Crippen LogP) is 0.149. The van der Waals surface area contributed by atoms with E-state index in [-0.39, 0.29) is 0 Å². The van der Waals surface area contributed by atoms with E-state index in [1.54, 1.807) is 13.1 Å². The van der Waals surface area contributed by atoms with Crippen LogP contribution in [0.5, 0.6) is 0 Å². The number of hydrogen-bond acceptors (Lipinski definition) is 3. The summed E-state index contributed by atoms with van der Waals surface area (Å²) in [6.07, 6.45) is 3.47. The Morgan fingerprint density at radius 3 is 2.75 bits per heavy atom. The Hall–Kier alpha value is -0.880. The van der Waals surface area contributed by atoms with Crippen molar-refractivity contribution in [1.29, 1.82) is 0 Å². The molecule has 1 aromatic heterocycles. The van der Waals surface area contributed by atoms with Crippen LogP contribution in [0, 0.1) is 0 Å².